The molecule has 0 amide bonds. The Kier molecular flexibility index (Phi) is 11.5. The van der Waals surface area contributed by atoms with Crippen LogP contribution in [0.4, 0.5) is 0 Å². The first-order valence-corrected chi connectivity index (χ1v) is 38.2. The van der Waals surface area contributed by atoms with Gasteiger partial charge in [0.1, 0.15) is 11.1 Å². The molecule has 0 aliphatic heterocycles. The smallest absolute Gasteiger partial charge is 0.197 e. The number of para-hydroxylation sites is 5. The van der Waals surface area contributed by atoms with Crippen molar-refractivity contribution in [2.75, 3.05) is 0 Å². The van der Waals surface area contributed by atoms with Gasteiger partial charge in [-0.3, -0.25) is 4.57 Å². The number of furan rings is 1. The van der Waals surface area contributed by atoms with Crippen LogP contribution in [0.15, 0.2) is 332 Å². The second-order valence-electron chi connectivity index (χ2n) is 29.4. The number of rotatable bonds is 7. The topological polar surface area (TPSA) is 83.4 Å². The van der Waals surface area contributed by atoms with Gasteiger partial charge in [-0.25, -0.2) is 19.9 Å². The molecule has 26 rings (SSSR count). The summed E-state index contributed by atoms with van der Waals surface area (Å²) in [7, 11) is 0. The first kappa shape index (κ1) is 58.7. The number of aromatic nitrogens is 8. The Labute approximate surface area is 628 Å². The summed E-state index contributed by atoms with van der Waals surface area (Å²) in [5.41, 5.74) is 24.3. The Morgan fingerprint density at radius 3 is 1.53 bits per heavy atom. The molecule has 9 nitrogen and oxygen atoms in total. The van der Waals surface area contributed by atoms with Crippen molar-refractivity contribution >= 4 is 195 Å². The third-order valence-electron chi connectivity index (χ3n) is 23.8. The maximum atomic E-state index is 6.88. The summed E-state index contributed by atoms with van der Waals surface area (Å²) in [6, 6.07) is 119. The third-order valence-corrected chi connectivity index (χ3v) is 25.0. The average molecular weight is 1420 g/mol. The van der Waals surface area contributed by atoms with Crippen molar-refractivity contribution in [3.8, 4) is 67.8 Å². The number of hydrogen-bond donors (Lipinski definition) is 0. The fraction of sp³-hybridized carbons (Fsp3) is 0. The molecule has 0 spiro atoms. The van der Waals surface area contributed by atoms with E-state index in [2.05, 4.69) is 315 Å². The highest BCUT2D eigenvalue weighted by Gasteiger charge is 2.30. The molecule has 0 aliphatic rings. The molecule has 0 aliphatic carbocycles. The number of benzene rings is 16. The Balaban J connectivity index is 0.602. The molecular formula is C100H54N8OS. The van der Waals surface area contributed by atoms with E-state index in [1.807, 2.05) is 30.3 Å². The summed E-state index contributed by atoms with van der Waals surface area (Å²) in [6.07, 6.45) is 0. The van der Waals surface area contributed by atoms with E-state index in [9.17, 15) is 0 Å². The molecule has 0 saturated heterocycles. The molecule has 0 saturated carbocycles. The lowest BCUT2D eigenvalue weighted by molar-refractivity contribution is 0.662. The van der Waals surface area contributed by atoms with Gasteiger partial charge in [0.2, 0.25) is 0 Å². The molecule has 0 unspecified atom stereocenters. The molecule has 10 heterocycles. The summed E-state index contributed by atoms with van der Waals surface area (Å²) < 4.78 is 19.0. The largest absolute Gasteiger partial charge is 0.450 e. The quantitative estimate of drug-likeness (QED) is 0.159. The van der Waals surface area contributed by atoms with Crippen LogP contribution in [0.5, 0.6) is 0 Å². The predicted molar refractivity (Wildman–Crippen MR) is 458 cm³/mol. The van der Waals surface area contributed by atoms with Crippen molar-refractivity contribution in [2.24, 2.45) is 0 Å². The van der Waals surface area contributed by atoms with E-state index in [0.717, 1.165) is 98.8 Å². The van der Waals surface area contributed by atoms with E-state index >= 15 is 0 Å². The minimum absolute atomic E-state index is 0.639. The molecular weight excluding hydrogens is 1360 g/mol. The Morgan fingerprint density at radius 1 is 0.273 bits per heavy atom. The molecule has 0 fully saturated rings. The van der Waals surface area contributed by atoms with Crippen LogP contribution in [0.25, 0.3) is 252 Å². The number of nitrogens with zero attached hydrogens (tertiary/aromatic N) is 8. The van der Waals surface area contributed by atoms with Crippen LogP contribution in [0, 0.1) is 0 Å². The summed E-state index contributed by atoms with van der Waals surface area (Å²) in [6.45, 7) is 0. The van der Waals surface area contributed by atoms with Crippen molar-refractivity contribution in [3.05, 3.63) is 328 Å². The van der Waals surface area contributed by atoms with Crippen LogP contribution in [-0.2, 0) is 0 Å². The van der Waals surface area contributed by atoms with Gasteiger partial charge in [-0.2, -0.15) is 0 Å². The van der Waals surface area contributed by atoms with Gasteiger partial charge in [-0.15, -0.1) is 11.3 Å². The number of thiophene rings is 1. The van der Waals surface area contributed by atoms with Gasteiger partial charge in [-0.1, -0.05) is 231 Å². The Hall–Kier alpha value is -14.6. The lowest BCUT2D eigenvalue weighted by Gasteiger charge is -2.12. The van der Waals surface area contributed by atoms with Crippen LogP contribution in [0.1, 0.15) is 0 Å². The molecule has 26 aromatic rings. The maximum absolute atomic E-state index is 6.88. The van der Waals surface area contributed by atoms with Crippen LogP contribution >= 0.6 is 11.3 Å². The summed E-state index contributed by atoms with van der Waals surface area (Å²) in [5, 5.41) is 21.7. The number of hydrogen-bond acceptors (Lipinski definition) is 6. The zero-order chi connectivity index (χ0) is 71.3. The maximum Gasteiger partial charge on any atom is 0.197 e. The first-order valence-electron chi connectivity index (χ1n) is 37.4. The van der Waals surface area contributed by atoms with Gasteiger partial charge in [0, 0.05) is 102 Å². The molecule has 0 N–H and O–H groups in total. The van der Waals surface area contributed by atoms with Gasteiger partial charge in [0.15, 0.2) is 23.0 Å². The highest BCUT2D eigenvalue weighted by molar-refractivity contribution is 7.26. The van der Waals surface area contributed by atoms with E-state index in [1.165, 1.54) is 130 Å². The Morgan fingerprint density at radius 2 is 0.791 bits per heavy atom. The molecule has 110 heavy (non-hydrogen) atoms. The molecule has 16 aromatic carbocycles. The summed E-state index contributed by atoms with van der Waals surface area (Å²) >= 11 is 1.76. The fourth-order valence-corrected chi connectivity index (χ4v) is 20.4. The fourth-order valence-electron chi connectivity index (χ4n) is 19.2. The van der Waals surface area contributed by atoms with E-state index in [4.69, 9.17) is 24.4 Å². The molecule has 10 aromatic heterocycles. The zero-order valence-electron chi connectivity index (χ0n) is 58.6. The average Bonchev–Trinajstić information content (AvgIpc) is 1.51. The Bertz CT molecular complexity index is 8530. The van der Waals surface area contributed by atoms with E-state index in [0.29, 0.717) is 23.0 Å². The highest BCUT2D eigenvalue weighted by Crippen LogP contribution is 2.53. The molecule has 0 atom stereocenters. The lowest BCUT2D eigenvalue weighted by atomic mass is 9.92. The third kappa shape index (κ3) is 7.77. The van der Waals surface area contributed by atoms with Crippen LogP contribution in [0.2, 0.25) is 0 Å². The van der Waals surface area contributed by atoms with Crippen molar-refractivity contribution in [3.63, 3.8) is 0 Å². The lowest BCUT2D eigenvalue weighted by Crippen LogP contribution is -2.01. The van der Waals surface area contributed by atoms with Crippen molar-refractivity contribution in [1.82, 2.24) is 37.9 Å². The van der Waals surface area contributed by atoms with Crippen molar-refractivity contribution in [1.29, 1.82) is 0 Å². The van der Waals surface area contributed by atoms with E-state index in [-0.39, 0.29) is 0 Å². The van der Waals surface area contributed by atoms with Gasteiger partial charge >= 0.3 is 0 Å². The zero-order valence-corrected chi connectivity index (χ0v) is 59.4. The number of fused-ring (bicyclic) bond motifs is 30. The predicted octanol–water partition coefficient (Wildman–Crippen LogP) is 26.7. The minimum atomic E-state index is 0.639. The minimum Gasteiger partial charge on any atom is -0.450 e. The monoisotopic (exact) mass is 1410 g/mol. The van der Waals surface area contributed by atoms with Gasteiger partial charge in [0.25, 0.3) is 0 Å². The van der Waals surface area contributed by atoms with Crippen molar-refractivity contribution < 1.29 is 4.42 Å². The van der Waals surface area contributed by atoms with Crippen LogP contribution in [-0.4, -0.2) is 37.9 Å². The van der Waals surface area contributed by atoms with E-state index < -0.39 is 0 Å². The van der Waals surface area contributed by atoms with Crippen molar-refractivity contribution in [2.45, 2.75) is 0 Å². The highest BCUT2D eigenvalue weighted by atomic mass is 32.1. The second kappa shape index (κ2) is 21.6. The van der Waals surface area contributed by atoms with Crippen LogP contribution in [0.3, 0.4) is 0 Å². The second-order valence-corrected chi connectivity index (χ2v) is 30.5. The van der Waals surface area contributed by atoms with Gasteiger partial charge in [0.05, 0.1) is 71.1 Å². The molecule has 10 heteroatoms. The SMILES string of the molecule is c1ccc(-c2nc(-n3c4ccccc4c4c5c6c7cccc(-c8cccc(-c9ccc(-c%10nc(-c%11ccc(-n%12c%13ccccc%13c%13c%14c%15c%16ccccc%16ccc%15n%15c%16ccccc%16c(cc%13%12)c%14%15)cc%11)nc%11c%10sc%10ccccc%10%11)cc9)c8)c7ccc6n6c7ccccc7c(cc43)c56)c3oc4ccccc4c3n2)cc1. The first-order chi connectivity index (χ1) is 54.6. The normalized spacial score (nSPS) is 12.5. The summed E-state index contributed by atoms with van der Waals surface area (Å²) in [4.78, 5) is 21.8. The van der Waals surface area contributed by atoms with Gasteiger partial charge < -0.3 is 17.8 Å². The van der Waals surface area contributed by atoms with E-state index in [1.54, 1.807) is 11.3 Å². The van der Waals surface area contributed by atoms with Gasteiger partial charge in [-0.05, 0) is 141 Å². The molecule has 0 radical (unpaired) electrons. The van der Waals surface area contributed by atoms with Crippen LogP contribution < -0.4 is 0 Å². The standard InChI is InChI=1S/C100H54N8OS/c1-2-21-58(22-3-1)99-102-92-71-30-10-16-38-83(71)109-96(92)100(104-99)108-78-37-15-9-29-70(78)88-82(108)54-74-67-27-7-13-35-76(67)107-80-51-49-65-63(32-19-33-68(65)86(80)90(88)95(74)107)61-24-18-23-60(52-61)55-40-42-57(43-41-55)91-97-93(72-31-11-17-39-84(72)110-97)103-98(101-91)59-44-47-62(48-45-59)105-77-36-14-8-28-69(77)87-81(105)53-73-66-26-6-12-34-75(66)106-79-50-46-56-20-4-5-25-64(56)85(79)89(87)94(73)106/h1-54H. The molecule has 506 valence electrons. The summed E-state index contributed by atoms with van der Waals surface area (Å²) in [5.74, 6) is 2.03. The molecule has 0 bridgehead atoms.